The van der Waals surface area contributed by atoms with E-state index in [1.807, 2.05) is 0 Å². The molecule has 0 saturated heterocycles. The van der Waals surface area contributed by atoms with E-state index in [2.05, 4.69) is 70.5 Å². The van der Waals surface area contributed by atoms with Gasteiger partial charge < -0.3 is 20.9 Å². The van der Waals surface area contributed by atoms with E-state index in [0.29, 0.717) is 13.2 Å². The zero-order valence-electron chi connectivity index (χ0n) is 20.5. The third kappa shape index (κ3) is 14.2. The molecule has 4 nitrogen and oxygen atoms in total. The van der Waals surface area contributed by atoms with Crippen LogP contribution in [0.2, 0.25) is 0 Å². The molecule has 0 fully saturated rings. The van der Waals surface area contributed by atoms with Crippen LogP contribution in [0.15, 0.2) is 24.4 Å². The Morgan fingerprint density at radius 3 is 1.97 bits per heavy atom. The molecule has 5 heteroatoms. The molecule has 0 N–H and O–H groups in total. The summed E-state index contributed by atoms with van der Waals surface area (Å²) in [6.07, 6.45) is 13.1. The Morgan fingerprint density at radius 2 is 1.47 bits per heavy atom. The van der Waals surface area contributed by atoms with Crippen LogP contribution in [0.1, 0.15) is 111 Å². The van der Waals surface area contributed by atoms with Crippen LogP contribution in [0.3, 0.4) is 0 Å². The third-order valence-corrected chi connectivity index (χ3v) is 4.74. The van der Waals surface area contributed by atoms with Crippen molar-refractivity contribution in [2.45, 2.75) is 111 Å². The van der Waals surface area contributed by atoms with Gasteiger partial charge in [0.05, 0.1) is 0 Å². The van der Waals surface area contributed by atoms with Crippen molar-refractivity contribution in [1.82, 2.24) is 0 Å². The molecular weight excluding hydrogens is 373 g/mol. The molecule has 0 bridgehead atoms. The summed E-state index contributed by atoms with van der Waals surface area (Å²) in [6, 6.07) is 6.36. The smallest absolute Gasteiger partial charge is 0.386 e. The molecule has 1 atom stereocenters. The zero-order chi connectivity index (χ0) is 22.5. The zero-order valence-corrected chi connectivity index (χ0v) is 20.5. The van der Waals surface area contributed by atoms with Crippen LogP contribution >= 0.6 is 0 Å². The lowest BCUT2D eigenvalue weighted by Crippen LogP contribution is -2.41. The number of rotatable bonds is 17. The lowest BCUT2D eigenvalue weighted by Gasteiger charge is -2.21. The summed E-state index contributed by atoms with van der Waals surface area (Å²) in [5.41, 5.74) is 1.21. The normalized spacial score (nSPS) is 11.7. The van der Waals surface area contributed by atoms with Gasteiger partial charge in [0.1, 0.15) is 12.6 Å². The van der Waals surface area contributed by atoms with Gasteiger partial charge in [-0.1, -0.05) is 72.8 Å². The summed E-state index contributed by atoms with van der Waals surface area (Å²) in [4.78, 5) is 0. The Labute approximate surface area is 187 Å². The molecule has 0 aliphatic rings. The van der Waals surface area contributed by atoms with E-state index in [9.17, 15) is 0 Å². The summed E-state index contributed by atoms with van der Waals surface area (Å²) >= 11 is 0. The SMILES string of the molecule is CCCCOB(OCCCC)OC(CCC)c1cccc[n+]1CCCC.[CH2-]CCC. The van der Waals surface area contributed by atoms with Crippen molar-refractivity contribution in [3.63, 3.8) is 0 Å². The second-order valence-corrected chi connectivity index (χ2v) is 7.68. The standard InChI is InChI=1S/C21H39BNO3.C4H9/c1-5-9-16-23-17-13-12-15-20(23)21(14-8-4)26-22(24-18-10-6-2)25-19-11-7-3;1-3-4-2/h12-13,15,17,21H,5-11,14,16,18-19H2,1-4H3;1,3-4H2,2H3/q+1;-1. The van der Waals surface area contributed by atoms with E-state index in [1.165, 1.54) is 25.0 Å². The van der Waals surface area contributed by atoms with Crippen LogP contribution in [0.4, 0.5) is 0 Å². The van der Waals surface area contributed by atoms with Gasteiger partial charge in [-0.25, -0.2) is 4.57 Å². The highest BCUT2D eigenvalue weighted by Gasteiger charge is 2.30. The molecule has 0 spiro atoms. The van der Waals surface area contributed by atoms with E-state index in [0.717, 1.165) is 51.5 Å². The number of aryl methyl sites for hydroxylation is 1. The molecule has 1 rings (SSSR count). The minimum absolute atomic E-state index is 0.00805. The molecule has 0 aliphatic heterocycles. The van der Waals surface area contributed by atoms with Gasteiger partial charge in [-0.15, -0.1) is 0 Å². The summed E-state index contributed by atoms with van der Waals surface area (Å²) in [7, 11) is -0.579. The van der Waals surface area contributed by atoms with Crippen molar-refractivity contribution < 1.29 is 18.5 Å². The van der Waals surface area contributed by atoms with Gasteiger partial charge in [-0.05, 0) is 19.3 Å². The van der Waals surface area contributed by atoms with E-state index in [-0.39, 0.29) is 6.10 Å². The number of aromatic nitrogens is 1. The van der Waals surface area contributed by atoms with Crippen molar-refractivity contribution in [3.8, 4) is 0 Å². The quantitative estimate of drug-likeness (QED) is 0.119. The van der Waals surface area contributed by atoms with Crippen LogP contribution in [0.5, 0.6) is 0 Å². The summed E-state index contributed by atoms with van der Waals surface area (Å²) in [5, 5.41) is 0. The Balaban J connectivity index is 0.00000192. The fourth-order valence-corrected chi connectivity index (χ4v) is 2.77. The largest absolute Gasteiger partial charge is 0.640 e. The molecule has 1 aromatic rings. The lowest BCUT2D eigenvalue weighted by molar-refractivity contribution is -0.707. The average Bonchev–Trinajstić information content (AvgIpc) is 2.77. The lowest BCUT2D eigenvalue weighted by atomic mass is 10.1. The third-order valence-electron chi connectivity index (χ3n) is 4.74. The van der Waals surface area contributed by atoms with Crippen LogP contribution in [0, 0.1) is 6.92 Å². The van der Waals surface area contributed by atoms with Crippen molar-refractivity contribution >= 4 is 7.32 Å². The summed E-state index contributed by atoms with van der Waals surface area (Å²) in [6.45, 7) is 16.8. The maximum Gasteiger partial charge on any atom is 0.640 e. The predicted molar refractivity (Wildman–Crippen MR) is 128 cm³/mol. The van der Waals surface area contributed by atoms with Gasteiger partial charge >= 0.3 is 7.32 Å². The van der Waals surface area contributed by atoms with Crippen molar-refractivity contribution in [3.05, 3.63) is 37.0 Å². The van der Waals surface area contributed by atoms with Crippen LogP contribution in [-0.2, 0) is 20.5 Å². The van der Waals surface area contributed by atoms with Gasteiger partial charge in [0.25, 0.3) is 0 Å². The number of pyridine rings is 1. The fraction of sp³-hybridized carbons (Fsp3) is 0.760. The fourth-order valence-electron chi connectivity index (χ4n) is 2.77. The first-order valence-corrected chi connectivity index (χ1v) is 12.3. The van der Waals surface area contributed by atoms with E-state index in [4.69, 9.17) is 14.0 Å². The molecule has 0 radical (unpaired) electrons. The first-order chi connectivity index (χ1) is 14.7. The first kappa shape index (κ1) is 29.1. The van der Waals surface area contributed by atoms with Gasteiger partial charge in [0.2, 0.25) is 5.69 Å². The van der Waals surface area contributed by atoms with Crippen molar-refractivity contribution in [2.75, 3.05) is 13.2 Å². The molecule has 30 heavy (non-hydrogen) atoms. The Morgan fingerprint density at radius 1 is 0.867 bits per heavy atom. The van der Waals surface area contributed by atoms with Crippen LogP contribution in [0.25, 0.3) is 0 Å². The molecule has 1 aromatic heterocycles. The topological polar surface area (TPSA) is 31.6 Å². The Hall–Kier alpha value is -0.905. The minimum atomic E-state index is -0.579. The molecule has 1 heterocycles. The van der Waals surface area contributed by atoms with E-state index < -0.39 is 7.32 Å². The molecule has 0 amide bonds. The number of hydrogen-bond donors (Lipinski definition) is 0. The number of nitrogens with zero attached hydrogens (tertiary/aromatic N) is 1. The van der Waals surface area contributed by atoms with E-state index >= 15 is 0 Å². The molecule has 0 saturated carbocycles. The average molecular weight is 421 g/mol. The maximum atomic E-state index is 6.33. The first-order valence-electron chi connectivity index (χ1n) is 12.3. The van der Waals surface area contributed by atoms with Gasteiger partial charge in [-0.3, -0.25) is 0 Å². The molecule has 0 aromatic carbocycles. The Kier molecular flexibility index (Phi) is 20.7. The summed E-state index contributed by atoms with van der Waals surface area (Å²) in [5.74, 6) is 0. The molecule has 0 aliphatic carbocycles. The minimum Gasteiger partial charge on any atom is -0.386 e. The highest BCUT2D eigenvalue weighted by atomic mass is 16.7. The highest BCUT2D eigenvalue weighted by Crippen LogP contribution is 2.22. The molecular formula is C25H48BNO3. The maximum absolute atomic E-state index is 6.33. The number of hydrogen-bond acceptors (Lipinski definition) is 3. The van der Waals surface area contributed by atoms with Gasteiger partial charge in [-0.2, -0.15) is 6.42 Å². The highest BCUT2D eigenvalue weighted by molar-refractivity contribution is 6.36. The summed E-state index contributed by atoms with van der Waals surface area (Å²) < 4.78 is 20.4. The number of unbranched alkanes of at least 4 members (excludes halogenated alkanes) is 4. The van der Waals surface area contributed by atoms with Crippen LogP contribution < -0.4 is 4.57 Å². The monoisotopic (exact) mass is 421 g/mol. The van der Waals surface area contributed by atoms with Crippen LogP contribution in [-0.4, -0.2) is 20.5 Å². The van der Waals surface area contributed by atoms with E-state index in [1.54, 1.807) is 0 Å². The molecule has 1 unspecified atom stereocenters. The predicted octanol–water partition coefficient (Wildman–Crippen LogP) is 6.87. The Bertz CT molecular complexity index is 475. The van der Waals surface area contributed by atoms with Gasteiger partial charge in [0.15, 0.2) is 6.20 Å². The second kappa shape index (κ2) is 21.3. The van der Waals surface area contributed by atoms with Gasteiger partial charge in [0, 0.05) is 31.8 Å². The molecule has 174 valence electrons. The second-order valence-electron chi connectivity index (χ2n) is 7.68. The van der Waals surface area contributed by atoms with Crippen molar-refractivity contribution in [2.24, 2.45) is 0 Å². The van der Waals surface area contributed by atoms with Crippen molar-refractivity contribution in [1.29, 1.82) is 0 Å².